The smallest absolute Gasteiger partial charge is 0.306 e. The predicted molar refractivity (Wildman–Crippen MR) is 344 cm³/mol. The Morgan fingerprint density at radius 1 is 0.266 bits per heavy atom. The maximum Gasteiger partial charge on any atom is 0.306 e. The zero-order chi connectivity index (χ0) is 57.1. The van der Waals surface area contributed by atoms with Gasteiger partial charge in [-0.2, -0.15) is 0 Å². The second-order valence-electron chi connectivity index (χ2n) is 23.8. The zero-order valence-corrected chi connectivity index (χ0v) is 53.2. The lowest BCUT2D eigenvalue weighted by Gasteiger charge is -2.18. The minimum absolute atomic E-state index is 0.0669. The Morgan fingerprint density at radius 2 is 0.494 bits per heavy atom. The fraction of sp³-hybridized carbons (Fsp3) is 0.849. The lowest BCUT2D eigenvalue weighted by Crippen LogP contribution is -2.30. The molecule has 1 atom stereocenters. The molecule has 0 aromatic heterocycles. The van der Waals surface area contributed by atoms with Gasteiger partial charge in [0.25, 0.3) is 0 Å². The highest BCUT2D eigenvalue weighted by Gasteiger charge is 2.19. The van der Waals surface area contributed by atoms with Gasteiger partial charge in [0.05, 0.1) is 0 Å². The van der Waals surface area contributed by atoms with E-state index in [1.165, 1.54) is 257 Å². The van der Waals surface area contributed by atoms with Gasteiger partial charge in [-0.25, -0.2) is 0 Å². The second-order valence-corrected chi connectivity index (χ2v) is 23.8. The molecule has 0 radical (unpaired) electrons. The number of unbranched alkanes of at least 4 members (excludes halogenated alkanes) is 46. The highest BCUT2D eigenvalue weighted by atomic mass is 16.6. The van der Waals surface area contributed by atoms with E-state index in [9.17, 15) is 14.4 Å². The molecule has 6 heteroatoms. The summed E-state index contributed by atoms with van der Waals surface area (Å²) in [5, 5.41) is 0. The number of ether oxygens (including phenoxy) is 3. The SMILES string of the molecule is CC/C=C\C/C=C\C/C=C\C/C=C\CCCCCCCCCCCCCCCCCCC(=O)OCC(COC(=O)CCCCCCCCC)OC(=O)CCCCCCCCCCCCCCCCCCCCCCCCCCC. The van der Waals surface area contributed by atoms with E-state index < -0.39 is 6.10 Å². The predicted octanol–water partition coefficient (Wildman–Crippen LogP) is 24.1. The van der Waals surface area contributed by atoms with Crippen LogP contribution in [0.15, 0.2) is 48.6 Å². The first-order valence-corrected chi connectivity index (χ1v) is 35.1. The van der Waals surface area contributed by atoms with Crippen LogP contribution >= 0.6 is 0 Å². The van der Waals surface area contributed by atoms with Gasteiger partial charge in [-0.3, -0.25) is 14.4 Å². The summed E-state index contributed by atoms with van der Waals surface area (Å²) in [6.45, 7) is 6.55. The van der Waals surface area contributed by atoms with E-state index in [1.54, 1.807) is 0 Å². The number of allylic oxidation sites excluding steroid dienone is 8. The van der Waals surface area contributed by atoms with Crippen LogP contribution in [0.2, 0.25) is 0 Å². The van der Waals surface area contributed by atoms with E-state index in [0.717, 1.165) is 83.5 Å². The zero-order valence-electron chi connectivity index (χ0n) is 53.2. The molecule has 0 aliphatic rings. The largest absolute Gasteiger partial charge is 0.462 e. The van der Waals surface area contributed by atoms with Crippen molar-refractivity contribution in [3.63, 3.8) is 0 Å². The monoisotopic (exact) mass is 1110 g/mol. The number of hydrogen-bond acceptors (Lipinski definition) is 6. The summed E-state index contributed by atoms with van der Waals surface area (Å²) >= 11 is 0. The Balaban J connectivity index is 4.02. The highest BCUT2D eigenvalue weighted by molar-refractivity contribution is 5.71. The van der Waals surface area contributed by atoms with Crippen molar-refractivity contribution >= 4 is 17.9 Å². The van der Waals surface area contributed by atoms with Crippen molar-refractivity contribution in [3.8, 4) is 0 Å². The molecule has 1 unspecified atom stereocenters. The minimum atomic E-state index is -0.767. The average Bonchev–Trinajstić information content (AvgIpc) is 3.45. The van der Waals surface area contributed by atoms with Gasteiger partial charge in [0.2, 0.25) is 0 Å². The Bertz CT molecular complexity index is 1360. The molecule has 0 bridgehead atoms. The third-order valence-electron chi connectivity index (χ3n) is 15.8. The van der Waals surface area contributed by atoms with Crippen molar-refractivity contribution < 1.29 is 28.6 Å². The average molecular weight is 1110 g/mol. The van der Waals surface area contributed by atoms with Gasteiger partial charge in [-0.15, -0.1) is 0 Å². The van der Waals surface area contributed by atoms with Crippen LogP contribution in [0.5, 0.6) is 0 Å². The van der Waals surface area contributed by atoms with E-state index >= 15 is 0 Å². The number of carbonyl (C=O) groups excluding carboxylic acids is 3. The third kappa shape index (κ3) is 66.1. The summed E-state index contributed by atoms with van der Waals surface area (Å²) in [4.78, 5) is 38.2. The number of esters is 3. The summed E-state index contributed by atoms with van der Waals surface area (Å²) in [6.07, 6.45) is 86.1. The maximum atomic E-state index is 12.9. The van der Waals surface area contributed by atoms with Crippen LogP contribution in [0, 0.1) is 0 Å². The van der Waals surface area contributed by atoms with Crippen molar-refractivity contribution in [2.24, 2.45) is 0 Å². The first-order chi connectivity index (χ1) is 39.0. The van der Waals surface area contributed by atoms with Crippen LogP contribution in [-0.4, -0.2) is 37.2 Å². The summed E-state index contributed by atoms with van der Waals surface area (Å²) in [5.41, 5.74) is 0. The van der Waals surface area contributed by atoms with E-state index in [0.29, 0.717) is 19.3 Å². The molecule has 0 aliphatic carbocycles. The standard InChI is InChI=1S/C73H134O6/c1-4-7-10-13-16-18-20-22-24-26-28-30-32-34-35-36-37-39-40-42-44-46-48-50-52-54-57-60-63-66-72(75)78-69-70(68-77-71(74)65-62-59-56-15-12-9-6-3)79-73(76)67-64-61-58-55-53-51-49-47-45-43-41-38-33-31-29-27-25-23-21-19-17-14-11-8-5-2/h7,10,16,18,22,24,28,30,70H,4-6,8-9,11-15,17,19-21,23,25-27,29,31-69H2,1-3H3/b10-7-,18-16-,24-22-,30-28-. The van der Waals surface area contributed by atoms with E-state index in [4.69, 9.17) is 14.2 Å². The molecule has 0 N–H and O–H groups in total. The second kappa shape index (κ2) is 67.9. The van der Waals surface area contributed by atoms with Gasteiger partial charge in [-0.1, -0.05) is 352 Å². The van der Waals surface area contributed by atoms with Crippen LogP contribution in [0.1, 0.15) is 380 Å². The molecule has 0 spiro atoms. The van der Waals surface area contributed by atoms with Crippen molar-refractivity contribution in [2.75, 3.05) is 13.2 Å². The van der Waals surface area contributed by atoms with Crippen molar-refractivity contribution in [1.82, 2.24) is 0 Å². The fourth-order valence-corrected chi connectivity index (χ4v) is 10.6. The molecule has 0 aromatic carbocycles. The summed E-state index contributed by atoms with van der Waals surface area (Å²) in [7, 11) is 0. The molecule has 0 aromatic rings. The van der Waals surface area contributed by atoms with Crippen LogP contribution in [-0.2, 0) is 28.6 Å². The van der Waals surface area contributed by atoms with Gasteiger partial charge in [-0.05, 0) is 57.8 Å². The molecule has 462 valence electrons. The minimum Gasteiger partial charge on any atom is -0.462 e. The maximum absolute atomic E-state index is 12.9. The van der Waals surface area contributed by atoms with Gasteiger partial charge >= 0.3 is 17.9 Å². The van der Waals surface area contributed by atoms with E-state index in [2.05, 4.69) is 69.4 Å². The molecule has 0 heterocycles. The molecular formula is C73H134O6. The summed E-state index contributed by atoms with van der Waals surface area (Å²) < 4.78 is 16.9. The van der Waals surface area contributed by atoms with E-state index in [1.807, 2.05) is 0 Å². The van der Waals surface area contributed by atoms with Crippen LogP contribution in [0.3, 0.4) is 0 Å². The molecule has 0 aliphatic heterocycles. The molecule has 0 amide bonds. The molecule has 0 saturated heterocycles. The molecule has 0 saturated carbocycles. The van der Waals surface area contributed by atoms with Gasteiger partial charge < -0.3 is 14.2 Å². The molecule has 0 rings (SSSR count). The van der Waals surface area contributed by atoms with E-state index in [-0.39, 0.29) is 31.1 Å². The topological polar surface area (TPSA) is 78.9 Å². The normalized spacial score (nSPS) is 12.3. The van der Waals surface area contributed by atoms with Crippen molar-refractivity contribution in [2.45, 2.75) is 386 Å². The Labute approximate surface area is 492 Å². The molecule has 6 nitrogen and oxygen atoms in total. The lowest BCUT2D eigenvalue weighted by atomic mass is 10.0. The van der Waals surface area contributed by atoms with Crippen LogP contribution in [0.4, 0.5) is 0 Å². The number of rotatable bonds is 65. The number of carbonyl (C=O) groups is 3. The number of hydrogen-bond donors (Lipinski definition) is 0. The Hall–Kier alpha value is -2.63. The summed E-state index contributed by atoms with van der Waals surface area (Å²) in [6, 6.07) is 0. The van der Waals surface area contributed by atoms with Gasteiger partial charge in [0.1, 0.15) is 13.2 Å². The first-order valence-electron chi connectivity index (χ1n) is 35.1. The first kappa shape index (κ1) is 76.4. The van der Waals surface area contributed by atoms with Crippen molar-refractivity contribution in [3.05, 3.63) is 48.6 Å². The fourth-order valence-electron chi connectivity index (χ4n) is 10.6. The Kier molecular flexibility index (Phi) is 65.6. The molecular weight excluding hydrogens is 973 g/mol. The van der Waals surface area contributed by atoms with Crippen LogP contribution < -0.4 is 0 Å². The van der Waals surface area contributed by atoms with Gasteiger partial charge in [0, 0.05) is 19.3 Å². The van der Waals surface area contributed by atoms with Crippen LogP contribution in [0.25, 0.3) is 0 Å². The Morgan fingerprint density at radius 3 is 0.772 bits per heavy atom. The third-order valence-corrected chi connectivity index (χ3v) is 15.8. The highest BCUT2D eigenvalue weighted by Crippen LogP contribution is 2.19. The van der Waals surface area contributed by atoms with Gasteiger partial charge in [0.15, 0.2) is 6.10 Å². The molecule has 79 heavy (non-hydrogen) atoms. The van der Waals surface area contributed by atoms with Crippen molar-refractivity contribution in [1.29, 1.82) is 0 Å². The quantitative estimate of drug-likeness (QED) is 0.0261. The lowest BCUT2D eigenvalue weighted by molar-refractivity contribution is -0.167. The summed E-state index contributed by atoms with van der Waals surface area (Å²) in [5.74, 6) is -0.847. The molecule has 0 fully saturated rings.